The zero-order valence-corrected chi connectivity index (χ0v) is 19.9. The number of para-hydroxylation sites is 1. The Bertz CT molecular complexity index is 1510. The number of urea groups is 1. The van der Waals surface area contributed by atoms with Gasteiger partial charge in [0.25, 0.3) is 5.56 Å². The van der Waals surface area contributed by atoms with E-state index in [0.29, 0.717) is 41.6 Å². The number of aromatic nitrogens is 2. The molecule has 0 saturated carbocycles. The van der Waals surface area contributed by atoms with E-state index in [1.165, 1.54) is 15.5 Å². The first-order valence-corrected chi connectivity index (χ1v) is 11.5. The number of nitrogens with zero attached hydrogens (tertiary/aromatic N) is 3. The number of amides is 2. The highest BCUT2D eigenvalue weighted by Crippen LogP contribution is 2.24. The minimum absolute atomic E-state index is 0.0202. The van der Waals surface area contributed by atoms with Crippen molar-refractivity contribution < 1.29 is 18.3 Å². The first-order chi connectivity index (χ1) is 17.9. The zero-order chi connectivity index (χ0) is 25.9. The van der Waals surface area contributed by atoms with Gasteiger partial charge in [-0.05, 0) is 48.5 Å². The lowest BCUT2D eigenvalue weighted by molar-refractivity contribution is 0.205. The van der Waals surface area contributed by atoms with Crippen molar-refractivity contribution in [2.45, 2.75) is 13.0 Å². The summed E-state index contributed by atoms with van der Waals surface area (Å²) in [5.74, 6) is -1.02. The quantitative estimate of drug-likeness (QED) is 0.406. The lowest BCUT2D eigenvalue weighted by Gasteiger charge is -2.29. The summed E-state index contributed by atoms with van der Waals surface area (Å²) in [5.41, 5.74) is 2.12. The number of hydrogen-bond donors (Lipinski definition) is 2. The van der Waals surface area contributed by atoms with E-state index >= 15 is 0 Å². The molecule has 0 atom stereocenters. The molecular formula is C27H23F2N5O3. The van der Waals surface area contributed by atoms with Crippen molar-refractivity contribution in [3.63, 3.8) is 0 Å². The highest BCUT2D eigenvalue weighted by Gasteiger charge is 2.27. The average Bonchev–Trinajstić information content (AvgIpc) is 2.91. The van der Waals surface area contributed by atoms with Gasteiger partial charge >= 0.3 is 6.03 Å². The summed E-state index contributed by atoms with van der Waals surface area (Å²) in [6, 6.07) is 18.9. The number of hydrogen-bond acceptors (Lipinski definition) is 5. The van der Waals surface area contributed by atoms with Gasteiger partial charge in [0.05, 0.1) is 30.6 Å². The van der Waals surface area contributed by atoms with Crippen LogP contribution in [0.3, 0.4) is 0 Å². The van der Waals surface area contributed by atoms with E-state index < -0.39 is 17.7 Å². The Morgan fingerprint density at radius 3 is 2.41 bits per heavy atom. The lowest BCUT2D eigenvalue weighted by atomic mass is 10.1. The fourth-order valence-corrected chi connectivity index (χ4v) is 4.13. The molecule has 37 heavy (non-hydrogen) atoms. The summed E-state index contributed by atoms with van der Waals surface area (Å²) in [4.78, 5) is 32.8. The van der Waals surface area contributed by atoms with Crippen molar-refractivity contribution in [1.29, 1.82) is 0 Å². The number of ether oxygens (including phenoxy) is 1. The van der Waals surface area contributed by atoms with Crippen LogP contribution in [0.4, 0.5) is 30.9 Å². The molecule has 0 bridgehead atoms. The van der Waals surface area contributed by atoms with Crippen molar-refractivity contribution in [2.24, 2.45) is 0 Å². The predicted molar refractivity (Wildman–Crippen MR) is 136 cm³/mol. The Hall–Kier alpha value is -4.73. The fourth-order valence-electron chi connectivity index (χ4n) is 4.13. The number of rotatable bonds is 5. The summed E-state index contributed by atoms with van der Waals surface area (Å²) in [5, 5.41) is 5.79. The third kappa shape index (κ3) is 4.99. The van der Waals surface area contributed by atoms with E-state index in [1.807, 2.05) is 30.3 Å². The molecule has 1 aliphatic rings. The maximum atomic E-state index is 13.7. The Morgan fingerprint density at radius 2 is 1.70 bits per heavy atom. The van der Waals surface area contributed by atoms with Crippen molar-refractivity contribution in [3.8, 4) is 11.4 Å². The molecular weight excluding hydrogens is 480 g/mol. The van der Waals surface area contributed by atoms with Crippen LogP contribution in [0.15, 0.2) is 77.6 Å². The van der Waals surface area contributed by atoms with Gasteiger partial charge in [-0.2, -0.15) is 0 Å². The minimum atomic E-state index is -1.06. The largest absolute Gasteiger partial charge is 0.497 e. The fraction of sp³-hybridized carbons (Fsp3) is 0.148. The third-order valence-corrected chi connectivity index (χ3v) is 6.05. The van der Waals surface area contributed by atoms with E-state index in [0.717, 1.165) is 17.8 Å². The van der Waals surface area contributed by atoms with Crippen molar-refractivity contribution in [2.75, 3.05) is 24.3 Å². The van der Waals surface area contributed by atoms with Crippen molar-refractivity contribution >= 4 is 23.4 Å². The summed E-state index contributed by atoms with van der Waals surface area (Å²) in [6.07, 6.45) is 0.350. The van der Waals surface area contributed by atoms with Gasteiger partial charge in [0.15, 0.2) is 11.6 Å². The summed E-state index contributed by atoms with van der Waals surface area (Å²) < 4.78 is 33.5. The van der Waals surface area contributed by atoms with Gasteiger partial charge < -0.3 is 20.3 Å². The molecule has 2 heterocycles. The van der Waals surface area contributed by atoms with Crippen LogP contribution in [0, 0.1) is 11.6 Å². The van der Waals surface area contributed by atoms with E-state index in [1.54, 1.807) is 31.4 Å². The van der Waals surface area contributed by atoms with Crippen LogP contribution in [-0.2, 0) is 13.0 Å². The van der Waals surface area contributed by atoms with Crippen molar-refractivity contribution in [3.05, 3.63) is 106 Å². The number of halogens is 2. The lowest BCUT2D eigenvalue weighted by Crippen LogP contribution is -2.43. The van der Waals surface area contributed by atoms with Gasteiger partial charge in [-0.15, -0.1) is 0 Å². The topological polar surface area (TPSA) is 88.5 Å². The first-order valence-electron chi connectivity index (χ1n) is 11.5. The molecule has 188 valence electrons. The van der Waals surface area contributed by atoms with Crippen LogP contribution in [0.25, 0.3) is 5.69 Å². The molecule has 10 heteroatoms. The molecule has 1 aliphatic heterocycles. The summed E-state index contributed by atoms with van der Waals surface area (Å²) in [7, 11) is 1.59. The second kappa shape index (κ2) is 10.1. The monoisotopic (exact) mass is 503 g/mol. The molecule has 2 amide bonds. The molecule has 8 nitrogen and oxygen atoms in total. The SMILES string of the molecule is COc1ccc(Nc2nc3c(c(=O)n2-c2ccccc2)CN(C(=O)Nc2ccc(F)c(F)c2)CC3)cc1. The molecule has 0 aliphatic carbocycles. The predicted octanol–water partition coefficient (Wildman–Crippen LogP) is 4.85. The van der Waals surface area contributed by atoms with Gasteiger partial charge in [-0.1, -0.05) is 18.2 Å². The summed E-state index contributed by atoms with van der Waals surface area (Å²) >= 11 is 0. The Kier molecular flexibility index (Phi) is 6.55. The minimum Gasteiger partial charge on any atom is -0.497 e. The standard InChI is InChI=1S/C27H23F2N5O3/c1-37-20-10-7-17(8-11-20)30-26-32-24-13-14-33(27(36)31-18-9-12-22(28)23(29)15-18)16-21(24)25(35)34(26)19-5-3-2-4-6-19/h2-12,15H,13-14,16H2,1H3,(H,30,32)(H,31,36). The van der Waals surface area contributed by atoms with Crippen LogP contribution < -0.4 is 20.9 Å². The molecule has 2 N–H and O–H groups in total. The average molecular weight is 504 g/mol. The molecule has 0 fully saturated rings. The normalized spacial score (nSPS) is 12.6. The highest BCUT2D eigenvalue weighted by atomic mass is 19.2. The Balaban J connectivity index is 1.47. The Morgan fingerprint density at radius 1 is 0.973 bits per heavy atom. The van der Waals surface area contributed by atoms with Crippen LogP contribution in [-0.4, -0.2) is 34.1 Å². The zero-order valence-electron chi connectivity index (χ0n) is 19.9. The molecule has 0 unspecified atom stereocenters. The van der Waals surface area contributed by atoms with Crippen molar-refractivity contribution in [1.82, 2.24) is 14.5 Å². The number of benzene rings is 3. The van der Waals surface area contributed by atoms with E-state index in [4.69, 9.17) is 9.72 Å². The maximum Gasteiger partial charge on any atom is 0.322 e. The molecule has 3 aromatic carbocycles. The summed E-state index contributed by atoms with van der Waals surface area (Å²) in [6.45, 7) is 0.318. The molecule has 0 saturated heterocycles. The molecule has 1 aromatic heterocycles. The van der Waals surface area contributed by atoms with Gasteiger partial charge in [0, 0.05) is 30.4 Å². The van der Waals surface area contributed by atoms with Gasteiger partial charge in [-0.3, -0.25) is 4.79 Å². The number of carbonyl (C=O) groups excluding carboxylic acids is 1. The molecule has 5 rings (SSSR count). The number of methoxy groups -OCH3 is 1. The van der Waals surface area contributed by atoms with Gasteiger partial charge in [0.1, 0.15) is 5.75 Å². The van der Waals surface area contributed by atoms with Crippen LogP contribution in [0.5, 0.6) is 5.75 Å². The number of anilines is 3. The second-order valence-electron chi connectivity index (χ2n) is 8.42. The molecule has 4 aromatic rings. The van der Waals surface area contributed by atoms with Crippen LogP contribution >= 0.6 is 0 Å². The number of carbonyl (C=O) groups is 1. The highest BCUT2D eigenvalue weighted by molar-refractivity contribution is 5.89. The van der Waals surface area contributed by atoms with E-state index in [2.05, 4.69) is 10.6 Å². The molecule has 0 spiro atoms. The van der Waals surface area contributed by atoms with E-state index in [-0.39, 0.29) is 17.8 Å². The van der Waals surface area contributed by atoms with Crippen LogP contribution in [0.2, 0.25) is 0 Å². The van der Waals surface area contributed by atoms with Crippen LogP contribution in [0.1, 0.15) is 11.3 Å². The smallest absolute Gasteiger partial charge is 0.322 e. The third-order valence-electron chi connectivity index (χ3n) is 6.05. The Labute approximate surface area is 211 Å². The second-order valence-corrected chi connectivity index (χ2v) is 8.42. The van der Waals surface area contributed by atoms with E-state index in [9.17, 15) is 18.4 Å². The number of fused-ring (bicyclic) bond motifs is 1. The maximum absolute atomic E-state index is 13.7. The van der Waals surface area contributed by atoms with Gasteiger partial charge in [-0.25, -0.2) is 23.1 Å². The number of nitrogens with one attached hydrogen (secondary N) is 2. The molecule has 0 radical (unpaired) electrons. The first kappa shape index (κ1) is 24.0. The van der Waals surface area contributed by atoms with Gasteiger partial charge in [0.2, 0.25) is 5.95 Å².